The predicted octanol–water partition coefficient (Wildman–Crippen LogP) is 2.79. The molecule has 152 valence electrons. The van der Waals surface area contributed by atoms with E-state index in [9.17, 15) is 23.5 Å². The van der Waals surface area contributed by atoms with Crippen LogP contribution in [0.1, 0.15) is 24.0 Å². The average molecular weight is 400 g/mol. The fourth-order valence-electron chi connectivity index (χ4n) is 4.10. The van der Waals surface area contributed by atoms with Gasteiger partial charge in [-0.05, 0) is 61.1 Å². The van der Waals surface area contributed by atoms with Crippen molar-refractivity contribution < 1.29 is 23.5 Å². The van der Waals surface area contributed by atoms with Crippen molar-refractivity contribution in [1.82, 2.24) is 4.90 Å². The highest BCUT2D eigenvalue weighted by Crippen LogP contribution is 2.37. The van der Waals surface area contributed by atoms with E-state index in [4.69, 9.17) is 0 Å². The van der Waals surface area contributed by atoms with Crippen LogP contribution in [0, 0.1) is 24.5 Å². The Morgan fingerprint density at radius 1 is 1.07 bits per heavy atom. The molecule has 2 aromatic carbocycles. The van der Waals surface area contributed by atoms with E-state index in [-0.39, 0.29) is 42.3 Å². The highest BCUT2D eigenvalue weighted by atomic mass is 19.1. The molecular weight excluding hydrogens is 378 g/mol. The third kappa shape index (κ3) is 3.74. The minimum absolute atomic E-state index is 0.0836. The number of anilines is 1. The number of aliphatic hydroxyl groups excluding tert-OH is 1. The zero-order chi connectivity index (χ0) is 20.7. The molecule has 7 heteroatoms. The van der Waals surface area contributed by atoms with Gasteiger partial charge in [0.05, 0.1) is 11.8 Å². The molecule has 1 aliphatic heterocycles. The van der Waals surface area contributed by atoms with E-state index in [1.54, 1.807) is 25.1 Å². The molecule has 0 radical (unpaired) electrons. The third-order valence-electron chi connectivity index (χ3n) is 5.72. The topological polar surface area (TPSA) is 60.9 Å². The quantitative estimate of drug-likeness (QED) is 0.859. The minimum Gasteiger partial charge on any atom is -0.393 e. The van der Waals surface area contributed by atoms with E-state index in [1.807, 2.05) is 0 Å². The van der Waals surface area contributed by atoms with Crippen LogP contribution in [0.4, 0.5) is 14.5 Å². The number of rotatable bonds is 4. The highest BCUT2D eigenvalue weighted by molar-refractivity contribution is 6.06. The van der Waals surface area contributed by atoms with Crippen molar-refractivity contribution >= 4 is 17.5 Å². The Labute approximate surface area is 167 Å². The SMILES string of the molecule is Cc1ccc(N2CC(=O)N(Cc3ccc(F)cc3)[C@@H](C3CC(O)C3)C2=O)c(F)c1. The van der Waals surface area contributed by atoms with E-state index < -0.39 is 18.0 Å². The van der Waals surface area contributed by atoms with Crippen molar-refractivity contribution in [3.05, 3.63) is 65.2 Å². The van der Waals surface area contributed by atoms with Crippen molar-refractivity contribution in [1.29, 1.82) is 0 Å². The van der Waals surface area contributed by atoms with Crippen molar-refractivity contribution in [3.8, 4) is 0 Å². The summed E-state index contributed by atoms with van der Waals surface area (Å²) < 4.78 is 27.7. The van der Waals surface area contributed by atoms with Gasteiger partial charge in [-0.1, -0.05) is 18.2 Å². The van der Waals surface area contributed by atoms with Gasteiger partial charge in [-0.3, -0.25) is 14.5 Å². The van der Waals surface area contributed by atoms with E-state index in [1.165, 1.54) is 34.1 Å². The Morgan fingerprint density at radius 3 is 2.38 bits per heavy atom. The molecule has 0 aromatic heterocycles. The summed E-state index contributed by atoms with van der Waals surface area (Å²) in [5.41, 5.74) is 1.51. The molecule has 1 aliphatic carbocycles. The van der Waals surface area contributed by atoms with Crippen molar-refractivity contribution in [2.45, 2.75) is 38.5 Å². The summed E-state index contributed by atoms with van der Waals surface area (Å²) >= 11 is 0. The van der Waals surface area contributed by atoms with E-state index in [0.717, 1.165) is 5.56 Å². The zero-order valence-corrected chi connectivity index (χ0v) is 16.0. The van der Waals surface area contributed by atoms with Crippen molar-refractivity contribution in [2.24, 2.45) is 5.92 Å². The molecule has 4 rings (SSSR count). The van der Waals surface area contributed by atoms with E-state index in [0.29, 0.717) is 18.4 Å². The molecule has 1 heterocycles. The van der Waals surface area contributed by atoms with Crippen LogP contribution >= 0.6 is 0 Å². The Kier molecular flexibility index (Phi) is 5.08. The van der Waals surface area contributed by atoms with Crippen LogP contribution in [-0.2, 0) is 16.1 Å². The first-order valence-corrected chi connectivity index (χ1v) is 9.63. The standard InChI is InChI=1S/C22H22F2N2O3/c1-13-2-7-19(18(24)8-13)25-12-20(28)26(11-14-3-5-16(23)6-4-14)21(22(25)29)15-9-17(27)10-15/h2-8,15,17,21,27H,9-12H2,1H3/t15?,17?,21-/m0/s1. The monoisotopic (exact) mass is 400 g/mol. The van der Waals surface area contributed by atoms with Gasteiger partial charge in [0.2, 0.25) is 5.91 Å². The Balaban J connectivity index is 1.65. The van der Waals surface area contributed by atoms with Gasteiger partial charge >= 0.3 is 0 Å². The van der Waals surface area contributed by atoms with Crippen LogP contribution in [0.3, 0.4) is 0 Å². The number of hydrogen-bond acceptors (Lipinski definition) is 3. The second kappa shape index (κ2) is 7.55. The number of amides is 2. The van der Waals surface area contributed by atoms with Gasteiger partial charge in [0.1, 0.15) is 24.2 Å². The first-order valence-electron chi connectivity index (χ1n) is 9.63. The summed E-state index contributed by atoms with van der Waals surface area (Å²) in [5, 5.41) is 9.74. The number of piperazine rings is 1. The molecular formula is C22H22F2N2O3. The molecule has 0 spiro atoms. The summed E-state index contributed by atoms with van der Waals surface area (Å²) in [5.74, 6) is -1.79. The van der Waals surface area contributed by atoms with Crippen molar-refractivity contribution in [3.63, 3.8) is 0 Å². The van der Waals surface area contributed by atoms with Crippen LogP contribution < -0.4 is 4.90 Å². The van der Waals surface area contributed by atoms with Crippen LogP contribution in [0.25, 0.3) is 0 Å². The number of carbonyl (C=O) groups is 2. The molecule has 0 unspecified atom stereocenters. The largest absolute Gasteiger partial charge is 0.393 e. The Morgan fingerprint density at radius 2 is 1.76 bits per heavy atom. The Hall–Kier alpha value is -2.80. The van der Waals surface area contributed by atoms with E-state index >= 15 is 0 Å². The van der Waals surface area contributed by atoms with Gasteiger partial charge in [0.25, 0.3) is 5.91 Å². The normalized spacial score (nSPS) is 24.6. The lowest BCUT2D eigenvalue weighted by Gasteiger charge is -2.47. The summed E-state index contributed by atoms with van der Waals surface area (Å²) in [6.07, 6.45) is 0.323. The van der Waals surface area contributed by atoms with Gasteiger partial charge in [-0.2, -0.15) is 0 Å². The maximum atomic E-state index is 14.5. The number of hydrogen-bond donors (Lipinski definition) is 1. The van der Waals surface area contributed by atoms with Gasteiger partial charge in [0, 0.05) is 6.54 Å². The number of aryl methyl sites for hydroxylation is 1. The fourth-order valence-corrected chi connectivity index (χ4v) is 4.10. The van der Waals surface area contributed by atoms with Gasteiger partial charge in [0.15, 0.2) is 0 Å². The molecule has 1 N–H and O–H groups in total. The van der Waals surface area contributed by atoms with Gasteiger partial charge in [-0.15, -0.1) is 0 Å². The van der Waals surface area contributed by atoms with E-state index in [2.05, 4.69) is 0 Å². The van der Waals surface area contributed by atoms with Crippen LogP contribution in [-0.4, -0.2) is 40.5 Å². The maximum absolute atomic E-state index is 14.5. The summed E-state index contributed by atoms with van der Waals surface area (Å²) in [6.45, 7) is 1.65. The molecule has 1 atom stereocenters. The van der Waals surface area contributed by atoms with Gasteiger partial charge in [-0.25, -0.2) is 8.78 Å². The minimum atomic E-state index is -0.787. The molecule has 5 nitrogen and oxygen atoms in total. The zero-order valence-electron chi connectivity index (χ0n) is 16.0. The molecule has 1 saturated heterocycles. The molecule has 1 saturated carbocycles. The first kappa shape index (κ1) is 19.5. The summed E-state index contributed by atoms with van der Waals surface area (Å²) in [7, 11) is 0. The number of carbonyl (C=O) groups excluding carboxylic acids is 2. The number of aliphatic hydroxyl groups is 1. The highest BCUT2D eigenvalue weighted by Gasteiger charge is 2.48. The average Bonchev–Trinajstić information content (AvgIpc) is 2.65. The predicted molar refractivity (Wildman–Crippen MR) is 103 cm³/mol. The van der Waals surface area contributed by atoms with Gasteiger partial charge < -0.3 is 10.0 Å². The van der Waals surface area contributed by atoms with Crippen LogP contribution in [0.2, 0.25) is 0 Å². The molecule has 2 aliphatic rings. The third-order valence-corrected chi connectivity index (χ3v) is 5.72. The van der Waals surface area contributed by atoms with Crippen molar-refractivity contribution in [2.75, 3.05) is 11.4 Å². The van der Waals surface area contributed by atoms with Crippen LogP contribution in [0.15, 0.2) is 42.5 Å². The second-order valence-electron chi connectivity index (χ2n) is 7.86. The smallest absolute Gasteiger partial charge is 0.250 e. The lowest BCUT2D eigenvalue weighted by molar-refractivity contribution is -0.149. The maximum Gasteiger partial charge on any atom is 0.250 e. The molecule has 29 heavy (non-hydrogen) atoms. The summed E-state index contributed by atoms with van der Waals surface area (Å²) in [6, 6.07) is 9.52. The number of halogens is 2. The number of nitrogens with zero attached hydrogens (tertiary/aromatic N) is 2. The molecule has 2 aromatic rings. The van der Waals surface area contributed by atoms with Crippen LogP contribution in [0.5, 0.6) is 0 Å². The summed E-state index contributed by atoms with van der Waals surface area (Å²) in [4.78, 5) is 29.0. The molecule has 2 amide bonds. The fraction of sp³-hybridized carbons (Fsp3) is 0.364. The lowest BCUT2D eigenvalue weighted by atomic mass is 9.75. The first-order chi connectivity index (χ1) is 13.8. The molecule has 0 bridgehead atoms. The Bertz CT molecular complexity index is 942. The molecule has 2 fully saturated rings. The lowest BCUT2D eigenvalue weighted by Crippen LogP contribution is -2.64. The second-order valence-corrected chi connectivity index (χ2v) is 7.86. The number of benzene rings is 2.